The predicted molar refractivity (Wildman–Crippen MR) is 95.9 cm³/mol. The maximum Gasteiger partial charge on any atom is 0.326 e. The Balaban J connectivity index is 2.14. The Labute approximate surface area is 150 Å². The summed E-state index contributed by atoms with van der Waals surface area (Å²) < 4.78 is 1.74. The zero-order valence-electron chi connectivity index (χ0n) is 11.4. The van der Waals surface area contributed by atoms with Crippen LogP contribution in [0.1, 0.15) is 15.9 Å². The predicted octanol–water partition coefficient (Wildman–Crippen LogP) is 3.48. The van der Waals surface area contributed by atoms with E-state index in [-0.39, 0.29) is 6.42 Å². The maximum atomic E-state index is 12.2. The summed E-state index contributed by atoms with van der Waals surface area (Å²) in [6.45, 7) is 0. The zero-order chi connectivity index (χ0) is 16.1. The standard InChI is InChI=1S/C16H13BrINO3/c17-12-6-3-5-11(8-12)15(20)19-14(16(21)22)9-10-4-1-2-7-13(10)18/h1-8,14H,9H2,(H,19,20)(H,21,22)/t14-/m0/s1. The number of amides is 1. The monoisotopic (exact) mass is 473 g/mol. The van der Waals surface area contributed by atoms with Crippen LogP contribution in [0.3, 0.4) is 0 Å². The van der Waals surface area contributed by atoms with Gasteiger partial charge in [0.05, 0.1) is 0 Å². The lowest BCUT2D eigenvalue weighted by molar-refractivity contribution is -0.139. The normalized spacial score (nSPS) is 11.7. The maximum absolute atomic E-state index is 12.2. The molecule has 0 unspecified atom stereocenters. The first-order valence-corrected chi connectivity index (χ1v) is 8.37. The molecule has 0 heterocycles. The molecule has 0 aliphatic heterocycles. The van der Waals surface area contributed by atoms with Crippen molar-refractivity contribution in [2.75, 3.05) is 0 Å². The van der Waals surface area contributed by atoms with E-state index in [1.807, 2.05) is 24.3 Å². The van der Waals surface area contributed by atoms with Gasteiger partial charge in [0, 0.05) is 20.0 Å². The lowest BCUT2D eigenvalue weighted by atomic mass is 10.1. The van der Waals surface area contributed by atoms with Crippen LogP contribution in [-0.2, 0) is 11.2 Å². The molecule has 2 N–H and O–H groups in total. The Hall–Kier alpha value is -1.41. The van der Waals surface area contributed by atoms with Gasteiger partial charge in [0.2, 0.25) is 0 Å². The van der Waals surface area contributed by atoms with Gasteiger partial charge in [-0.2, -0.15) is 0 Å². The van der Waals surface area contributed by atoms with Gasteiger partial charge in [0.1, 0.15) is 6.04 Å². The molecule has 0 aromatic heterocycles. The molecule has 0 bridgehead atoms. The van der Waals surface area contributed by atoms with Crippen LogP contribution in [0.25, 0.3) is 0 Å². The summed E-state index contributed by atoms with van der Waals surface area (Å²) in [7, 11) is 0. The topological polar surface area (TPSA) is 66.4 Å². The van der Waals surface area contributed by atoms with E-state index >= 15 is 0 Å². The van der Waals surface area contributed by atoms with Crippen molar-refractivity contribution in [3.05, 3.63) is 67.7 Å². The number of carboxylic acids is 1. The molecular weight excluding hydrogens is 461 g/mol. The average molecular weight is 474 g/mol. The second kappa shape index (κ2) is 7.73. The smallest absolute Gasteiger partial charge is 0.326 e. The SMILES string of the molecule is O=C(N[C@@H](Cc1ccccc1I)C(=O)O)c1cccc(Br)c1. The Morgan fingerprint density at radius 1 is 1.18 bits per heavy atom. The first-order chi connectivity index (χ1) is 10.5. The van der Waals surface area contributed by atoms with Gasteiger partial charge in [0.25, 0.3) is 5.91 Å². The first kappa shape index (κ1) is 17.0. The highest BCUT2D eigenvalue weighted by Gasteiger charge is 2.22. The summed E-state index contributed by atoms with van der Waals surface area (Å²) in [5.74, 6) is -1.46. The number of nitrogens with one attached hydrogen (secondary N) is 1. The van der Waals surface area contributed by atoms with Gasteiger partial charge in [-0.15, -0.1) is 0 Å². The Morgan fingerprint density at radius 3 is 2.55 bits per heavy atom. The van der Waals surface area contributed by atoms with Crippen LogP contribution in [0.4, 0.5) is 0 Å². The minimum absolute atomic E-state index is 0.244. The minimum atomic E-state index is -1.05. The van der Waals surface area contributed by atoms with E-state index in [9.17, 15) is 14.7 Å². The number of halogens is 2. The third-order valence-corrected chi connectivity index (χ3v) is 4.62. The molecule has 2 rings (SSSR count). The molecule has 0 spiro atoms. The number of hydrogen-bond acceptors (Lipinski definition) is 2. The molecule has 2 aromatic rings. The highest BCUT2D eigenvalue weighted by molar-refractivity contribution is 14.1. The van der Waals surface area contributed by atoms with Crippen molar-refractivity contribution < 1.29 is 14.7 Å². The largest absolute Gasteiger partial charge is 0.480 e. The fraction of sp³-hybridized carbons (Fsp3) is 0.125. The Kier molecular flexibility index (Phi) is 5.96. The molecule has 0 aliphatic carbocycles. The molecule has 2 aromatic carbocycles. The third-order valence-electron chi connectivity index (χ3n) is 3.07. The average Bonchev–Trinajstić information content (AvgIpc) is 2.48. The Bertz CT molecular complexity index is 705. The summed E-state index contributed by atoms with van der Waals surface area (Å²) in [4.78, 5) is 23.6. The molecule has 0 fully saturated rings. The van der Waals surface area contributed by atoms with Crippen molar-refractivity contribution in [1.82, 2.24) is 5.32 Å². The minimum Gasteiger partial charge on any atom is -0.480 e. The van der Waals surface area contributed by atoms with Crippen molar-refractivity contribution in [3.63, 3.8) is 0 Å². The van der Waals surface area contributed by atoms with Crippen LogP contribution in [0, 0.1) is 3.57 Å². The molecule has 1 amide bonds. The van der Waals surface area contributed by atoms with E-state index in [1.54, 1.807) is 24.3 Å². The van der Waals surface area contributed by atoms with Crippen molar-refractivity contribution in [2.45, 2.75) is 12.5 Å². The quantitative estimate of drug-likeness (QED) is 0.653. The van der Waals surface area contributed by atoms with Gasteiger partial charge in [-0.1, -0.05) is 40.2 Å². The molecule has 0 aliphatic rings. The van der Waals surface area contributed by atoms with Gasteiger partial charge in [-0.05, 0) is 52.4 Å². The number of rotatable bonds is 5. The molecule has 0 saturated heterocycles. The number of carboxylic acid groups (broad SMARTS) is 1. The second-order valence-electron chi connectivity index (χ2n) is 4.67. The van der Waals surface area contributed by atoms with Crippen molar-refractivity contribution in [3.8, 4) is 0 Å². The summed E-state index contributed by atoms with van der Waals surface area (Å²) in [5.41, 5.74) is 1.31. The summed E-state index contributed by atoms with van der Waals surface area (Å²) in [5, 5.41) is 11.9. The van der Waals surface area contributed by atoms with Gasteiger partial charge in [-0.25, -0.2) is 4.79 Å². The van der Waals surface area contributed by atoms with E-state index < -0.39 is 17.9 Å². The number of aliphatic carboxylic acids is 1. The van der Waals surface area contributed by atoms with Crippen LogP contribution >= 0.6 is 38.5 Å². The van der Waals surface area contributed by atoms with Crippen molar-refractivity contribution in [2.24, 2.45) is 0 Å². The number of benzene rings is 2. The zero-order valence-corrected chi connectivity index (χ0v) is 15.2. The third kappa shape index (κ3) is 4.54. The highest BCUT2D eigenvalue weighted by atomic mass is 127. The van der Waals surface area contributed by atoms with E-state index in [0.717, 1.165) is 13.6 Å². The van der Waals surface area contributed by atoms with Gasteiger partial charge < -0.3 is 10.4 Å². The molecule has 0 saturated carbocycles. The lowest BCUT2D eigenvalue weighted by Gasteiger charge is -2.15. The van der Waals surface area contributed by atoms with Crippen LogP contribution in [0.5, 0.6) is 0 Å². The fourth-order valence-corrected chi connectivity index (χ4v) is 2.96. The number of hydrogen-bond donors (Lipinski definition) is 2. The van der Waals surface area contributed by atoms with E-state index in [2.05, 4.69) is 43.8 Å². The van der Waals surface area contributed by atoms with Crippen LogP contribution in [0.2, 0.25) is 0 Å². The van der Waals surface area contributed by atoms with Crippen LogP contribution in [-0.4, -0.2) is 23.0 Å². The van der Waals surface area contributed by atoms with E-state index in [4.69, 9.17) is 0 Å². The summed E-state index contributed by atoms with van der Waals surface area (Å²) >= 11 is 5.45. The summed E-state index contributed by atoms with van der Waals surface area (Å²) in [6, 6.07) is 13.4. The molecule has 114 valence electrons. The number of carbonyl (C=O) groups is 2. The molecule has 6 heteroatoms. The molecule has 0 radical (unpaired) electrons. The fourth-order valence-electron chi connectivity index (χ4n) is 1.96. The molecule has 1 atom stereocenters. The molecular formula is C16H13BrINO3. The van der Waals surface area contributed by atoms with E-state index in [0.29, 0.717) is 5.56 Å². The first-order valence-electron chi connectivity index (χ1n) is 6.50. The summed E-state index contributed by atoms with van der Waals surface area (Å²) in [6.07, 6.45) is 0.244. The van der Waals surface area contributed by atoms with E-state index in [1.165, 1.54) is 0 Å². The Morgan fingerprint density at radius 2 is 1.91 bits per heavy atom. The van der Waals surface area contributed by atoms with Gasteiger partial charge >= 0.3 is 5.97 Å². The molecule has 22 heavy (non-hydrogen) atoms. The number of carbonyl (C=O) groups excluding carboxylic acids is 1. The van der Waals surface area contributed by atoms with Gasteiger partial charge in [-0.3, -0.25) is 4.79 Å². The highest BCUT2D eigenvalue weighted by Crippen LogP contribution is 2.15. The van der Waals surface area contributed by atoms with Gasteiger partial charge in [0.15, 0.2) is 0 Å². The molecule has 4 nitrogen and oxygen atoms in total. The van der Waals surface area contributed by atoms with Crippen molar-refractivity contribution >= 4 is 50.4 Å². The van der Waals surface area contributed by atoms with Crippen LogP contribution in [0.15, 0.2) is 53.0 Å². The second-order valence-corrected chi connectivity index (χ2v) is 6.75. The van der Waals surface area contributed by atoms with Crippen molar-refractivity contribution in [1.29, 1.82) is 0 Å². The van der Waals surface area contributed by atoms with Crippen LogP contribution < -0.4 is 5.32 Å². The lowest BCUT2D eigenvalue weighted by Crippen LogP contribution is -2.42.